The molecule has 9 heteroatoms. The molecule has 0 bridgehead atoms. The van der Waals surface area contributed by atoms with E-state index in [2.05, 4.69) is 26.2 Å². The van der Waals surface area contributed by atoms with E-state index in [0.717, 1.165) is 39.0 Å². The average Bonchev–Trinajstić information content (AvgIpc) is 3.44. The zero-order chi connectivity index (χ0) is 22.8. The lowest BCUT2D eigenvalue weighted by Crippen LogP contribution is -2.29. The Morgan fingerprint density at radius 1 is 1.09 bits per heavy atom. The van der Waals surface area contributed by atoms with Gasteiger partial charge in [0.2, 0.25) is 5.91 Å². The van der Waals surface area contributed by atoms with E-state index in [9.17, 15) is 9.59 Å². The molecule has 3 heterocycles. The molecule has 0 spiro atoms. The summed E-state index contributed by atoms with van der Waals surface area (Å²) in [5.41, 5.74) is 3.48. The second kappa shape index (κ2) is 8.95. The quantitative estimate of drug-likeness (QED) is 0.474. The van der Waals surface area contributed by atoms with E-state index in [-0.39, 0.29) is 18.0 Å². The summed E-state index contributed by atoms with van der Waals surface area (Å²) in [4.78, 5) is 29.5. The van der Waals surface area contributed by atoms with Crippen LogP contribution in [0.5, 0.6) is 5.75 Å². The predicted molar refractivity (Wildman–Crippen MR) is 128 cm³/mol. The number of benzene rings is 2. The summed E-state index contributed by atoms with van der Waals surface area (Å²) in [6.45, 7) is 0.779. The minimum Gasteiger partial charge on any atom is -0.496 e. The van der Waals surface area contributed by atoms with Crippen LogP contribution in [0.4, 0.5) is 5.69 Å². The number of nitrogens with one attached hydrogen (secondary N) is 1. The molecule has 33 heavy (non-hydrogen) atoms. The summed E-state index contributed by atoms with van der Waals surface area (Å²) in [6, 6.07) is 17.9. The normalized spacial score (nSPS) is 12.4. The number of aromatic nitrogens is 4. The molecule has 5 rings (SSSR count). The van der Waals surface area contributed by atoms with Gasteiger partial charge in [0, 0.05) is 41.4 Å². The van der Waals surface area contributed by atoms with Gasteiger partial charge in [0.1, 0.15) is 12.3 Å². The standard InChI is InChI=1S/C24H21N5O3S/c1-32-21-5-3-2-4-18(21)19-10-11-23(31)29(27-19)15-22(30)25-17-8-6-16(7-9-17)20-14-28-12-13-33-24(28)26-20/h2-11,14H,12-13,15H2,1H3,(H,25,30). The van der Waals surface area contributed by atoms with Crippen molar-refractivity contribution >= 4 is 23.4 Å². The van der Waals surface area contributed by atoms with Crippen molar-refractivity contribution in [3.8, 4) is 28.3 Å². The van der Waals surface area contributed by atoms with Crippen molar-refractivity contribution in [1.82, 2.24) is 19.3 Å². The fraction of sp³-hybridized carbons (Fsp3) is 0.167. The number of nitrogens with zero attached hydrogens (tertiary/aromatic N) is 4. The van der Waals surface area contributed by atoms with Crippen molar-refractivity contribution in [3.63, 3.8) is 0 Å². The van der Waals surface area contributed by atoms with Gasteiger partial charge in [-0.2, -0.15) is 5.10 Å². The number of carbonyl (C=O) groups is 1. The van der Waals surface area contributed by atoms with Gasteiger partial charge in [0.15, 0.2) is 5.16 Å². The minimum atomic E-state index is -0.357. The first-order valence-electron chi connectivity index (χ1n) is 10.4. The summed E-state index contributed by atoms with van der Waals surface area (Å²) in [5, 5.41) is 8.22. The number of rotatable bonds is 6. The van der Waals surface area contributed by atoms with Crippen molar-refractivity contribution in [2.45, 2.75) is 18.2 Å². The van der Waals surface area contributed by atoms with E-state index in [0.29, 0.717) is 17.1 Å². The van der Waals surface area contributed by atoms with Crippen molar-refractivity contribution in [3.05, 3.63) is 77.2 Å². The average molecular weight is 460 g/mol. The molecule has 1 amide bonds. The third-order valence-electron chi connectivity index (χ3n) is 5.31. The Bertz CT molecular complexity index is 1360. The fourth-order valence-corrected chi connectivity index (χ4v) is 4.61. The van der Waals surface area contributed by atoms with E-state index in [1.807, 2.05) is 48.5 Å². The predicted octanol–water partition coefficient (Wildman–Crippen LogP) is 3.53. The van der Waals surface area contributed by atoms with Crippen LogP contribution in [-0.4, -0.2) is 38.1 Å². The topological polar surface area (TPSA) is 91.0 Å². The second-order valence-electron chi connectivity index (χ2n) is 7.49. The Kier molecular flexibility index (Phi) is 5.70. The molecule has 0 saturated heterocycles. The number of thioether (sulfide) groups is 1. The maximum atomic E-state index is 12.6. The number of fused-ring (bicyclic) bond motifs is 1. The van der Waals surface area contributed by atoms with Gasteiger partial charge >= 0.3 is 0 Å². The van der Waals surface area contributed by atoms with Crippen molar-refractivity contribution in [2.24, 2.45) is 0 Å². The molecular formula is C24H21N5O3S. The third-order valence-corrected chi connectivity index (χ3v) is 6.28. The van der Waals surface area contributed by atoms with Gasteiger partial charge < -0.3 is 14.6 Å². The summed E-state index contributed by atoms with van der Waals surface area (Å²) in [6.07, 6.45) is 2.05. The van der Waals surface area contributed by atoms with Crippen LogP contribution >= 0.6 is 11.8 Å². The number of carbonyl (C=O) groups excluding carboxylic acids is 1. The van der Waals surface area contributed by atoms with Crippen LogP contribution in [0.1, 0.15) is 0 Å². The number of hydrogen-bond acceptors (Lipinski definition) is 6. The molecule has 2 aromatic carbocycles. The monoisotopic (exact) mass is 459 g/mol. The Hall–Kier alpha value is -3.85. The van der Waals surface area contributed by atoms with Crippen LogP contribution in [-0.2, 0) is 17.9 Å². The van der Waals surface area contributed by atoms with Crippen LogP contribution in [0.3, 0.4) is 0 Å². The van der Waals surface area contributed by atoms with Gasteiger partial charge in [-0.1, -0.05) is 36.0 Å². The number of imidazole rings is 1. The van der Waals surface area contributed by atoms with E-state index in [4.69, 9.17) is 4.74 Å². The molecule has 0 aliphatic carbocycles. The highest BCUT2D eigenvalue weighted by molar-refractivity contribution is 7.99. The zero-order valence-electron chi connectivity index (χ0n) is 17.9. The number of hydrogen-bond donors (Lipinski definition) is 1. The van der Waals surface area contributed by atoms with Gasteiger partial charge in [-0.25, -0.2) is 9.67 Å². The Morgan fingerprint density at radius 3 is 2.70 bits per heavy atom. The lowest BCUT2D eigenvalue weighted by atomic mass is 10.1. The molecule has 0 saturated carbocycles. The van der Waals surface area contributed by atoms with Crippen LogP contribution in [0.2, 0.25) is 0 Å². The number of para-hydroxylation sites is 1. The molecule has 8 nitrogen and oxygen atoms in total. The molecule has 0 radical (unpaired) electrons. The smallest absolute Gasteiger partial charge is 0.267 e. The van der Waals surface area contributed by atoms with Crippen LogP contribution in [0, 0.1) is 0 Å². The van der Waals surface area contributed by atoms with Gasteiger partial charge in [0.25, 0.3) is 5.56 Å². The molecule has 0 atom stereocenters. The summed E-state index contributed by atoms with van der Waals surface area (Å²) in [5.74, 6) is 1.36. The van der Waals surface area contributed by atoms with Crippen molar-refractivity contribution in [2.75, 3.05) is 18.2 Å². The number of aryl methyl sites for hydroxylation is 1. The summed E-state index contributed by atoms with van der Waals surface area (Å²) in [7, 11) is 1.58. The molecule has 1 N–H and O–H groups in total. The van der Waals surface area contributed by atoms with Crippen LogP contribution in [0.25, 0.3) is 22.5 Å². The van der Waals surface area contributed by atoms with Crippen LogP contribution < -0.4 is 15.6 Å². The number of amides is 1. The first-order chi connectivity index (χ1) is 16.1. The number of methoxy groups -OCH3 is 1. The SMILES string of the molecule is COc1ccccc1-c1ccc(=O)n(CC(=O)Nc2ccc(-c3cn4c(n3)SCC4)cc2)n1. The third kappa shape index (κ3) is 4.40. The van der Waals surface area contributed by atoms with Crippen LogP contribution in [0.15, 0.2) is 76.8 Å². The molecule has 2 aromatic heterocycles. The minimum absolute atomic E-state index is 0.200. The maximum absolute atomic E-state index is 12.6. The van der Waals surface area contributed by atoms with E-state index >= 15 is 0 Å². The lowest BCUT2D eigenvalue weighted by molar-refractivity contribution is -0.117. The molecule has 0 fully saturated rings. The number of anilines is 1. The lowest BCUT2D eigenvalue weighted by Gasteiger charge is -2.10. The summed E-state index contributed by atoms with van der Waals surface area (Å²) < 4.78 is 8.68. The molecular weight excluding hydrogens is 438 g/mol. The highest BCUT2D eigenvalue weighted by Crippen LogP contribution is 2.29. The highest BCUT2D eigenvalue weighted by Gasteiger charge is 2.15. The second-order valence-corrected chi connectivity index (χ2v) is 8.55. The molecule has 1 aliphatic rings. The highest BCUT2D eigenvalue weighted by atomic mass is 32.2. The van der Waals surface area contributed by atoms with E-state index < -0.39 is 0 Å². The van der Waals surface area contributed by atoms with Gasteiger partial charge in [-0.3, -0.25) is 9.59 Å². The first-order valence-corrected chi connectivity index (χ1v) is 11.4. The van der Waals surface area contributed by atoms with Gasteiger partial charge in [-0.05, 0) is 30.3 Å². The Balaban J connectivity index is 1.29. The Morgan fingerprint density at radius 2 is 1.91 bits per heavy atom. The molecule has 4 aromatic rings. The van der Waals surface area contributed by atoms with E-state index in [1.54, 1.807) is 24.9 Å². The zero-order valence-corrected chi connectivity index (χ0v) is 18.7. The van der Waals surface area contributed by atoms with Gasteiger partial charge in [0.05, 0.1) is 18.5 Å². The molecule has 1 aliphatic heterocycles. The van der Waals surface area contributed by atoms with Crippen molar-refractivity contribution in [1.29, 1.82) is 0 Å². The number of ether oxygens (including phenoxy) is 1. The summed E-state index contributed by atoms with van der Waals surface area (Å²) >= 11 is 1.75. The Labute approximate surface area is 194 Å². The fourth-order valence-electron chi connectivity index (χ4n) is 3.67. The molecule has 0 unspecified atom stereocenters. The van der Waals surface area contributed by atoms with E-state index in [1.165, 1.54) is 6.07 Å². The first kappa shape index (κ1) is 21.0. The van der Waals surface area contributed by atoms with Crippen molar-refractivity contribution < 1.29 is 9.53 Å². The maximum Gasteiger partial charge on any atom is 0.267 e. The largest absolute Gasteiger partial charge is 0.496 e. The van der Waals surface area contributed by atoms with Gasteiger partial charge in [-0.15, -0.1) is 0 Å². The molecule has 166 valence electrons.